The van der Waals surface area contributed by atoms with Crippen LogP contribution in [0.15, 0.2) is 34.4 Å². The van der Waals surface area contributed by atoms with Gasteiger partial charge in [0.2, 0.25) is 0 Å². The van der Waals surface area contributed by atoms with Gasteiger partial charge < -0.3 is 24.8 Å². The van der Waals surface area contributed by atoms with Gasteiger partial charge in [0.1, 0.15) is 0 Å². The average molecular weight is 435 g/mol. The van der Waals surface area contributed by atoms with Gasteiger partial charge in [0.15, 0.2) is 0 Å². The molecular weight excluding hydrogens is 406 g/mol. The fourth-order valence-corrected chi connectivity index (χ4v) is 1.96. The van der Waals surface area contributed by atoms with Crippen LogP contribution >= 0.6 is 0 Å². The normalized spacial score (nSPS) is 21.4. The summed E-state index contributed by atoms with van der Waals surface area (Å²) in [4.78, 5) is 0. The molecule has 0 N–H and O–H groups in total. The van der Waals surface area contributed by atoms with Crippen molar-refractivity contribution in [2.75, 3.05) is 0 Å². The molecule has 0 radical (unpaired) electrons. The second kappa shape index (κ2) is 14.0. The van der Waals surface area contributed by atoms with E-state index in [1.54, 1.807) is 23.3 Å². The predicted octanol–water partition coefficient (Wildman–Crippen LogP) is -0.544. The maximum atomic E-state index is 3.29. The van der Waals surface area contributed by atoms with E-state index < -0.39 is 0 Å². The van der Waals surface area contributed by atoms with Crippen LogP contribution < -0.4 is 24.8 Å². The summed E-state index contributed by atoms with van der Waals surface area (Å²) >= 11 is 1.74. The quantitative estimate of drug-likeness (QED) is 0.355. The van der Waals surface area contributed by atoms with E-state index in [0.717, 1.165) is 0 Å². The standard InChI is InChI=1S/2C8H11.C2H6Si.2ClH.Zr/c2*1-6-4-7(2)8(3)5-6;1-3-2;;;/h4,8H,1-3H3;4,6H,1-3H3;1-2H3;2*1H;/q2*-1;;;;+2/p-2. The van der Waals surface area contributed by atoms with Crippen molar-refractivity contribution in [3.8, 4) is 0 Å². The van der Waals surface area contributed by atoms with E-state index in [1.807, 2.05) is 0 Å². The fourth-order valence-electron chi connectivity index (χ4n) is 1.96. The molecule has 0 fully saturated rings. The molecule has 22 heavy (non-hydrogen) atoms. The van der Waals surface area contributed by atoms with Crippen LogP contribution in [0, 0.1) is 24.0 Å². The smallest absolute Gasteiger partial charge is 1.00 e. The van der Waals surface area contributed by atoms with Crippen LogP contribution in [-0.4, -0.2) is 5.43 Å². The monoisotopic (exact) mass is 432 g/mol. The molecule has 0 aliphatic heterocycles. The molecule has 2 aliphatic carbocycles. The summed E-state index contributed by atoms with van der Waals surface area (Å²) in [6.45, 7) is 17.4. The van der Waals surface area contributed by atoms with Gasteiger partial charge in [-0.05, 0) is 0 Å². The van der Waals surface area contributed by atoms with Gasteiger partial charge in [0.05, 0.1) is 0 Å². The Kier molecular flexibility index (Phi) is 17.5. The average Bonchev–Trinajstić information content (AvgIpc) is 2.70. The molecule has 0 bridgehead atoms. The molecular formula is C18H28Cl2SiZr-2. The zero-order valence-corrected chi connectivity index (χ0v) is 20.0. The molecule has 0 heterocycles. The minimum Gasteiger partial charge on any atom is -1.00 e. The van der Waals surface area contributed by atoms with Crippen molar-refractivity contribution < 1.29 is 48.1 Å². The van der Waals surface area contributed by atoms with E-state index in [9.17, 15) is 0 Å². The number of hydrogen-bond donors (Lipinski definition) is 0. The van der Waals surface area contributed by atoms with Crippen molar-refractivity contribution in [2.45, 2.75) is 54.6 Å². The third kappa shape index (κ3) is 13.1. The molecule has 0 aromatic carbocycles. The summed E-state index contributed by atoms with van der Waals surface area (Å²) in [5, 5.41) is 0. The first-order chi connectivity index (χ1) is 9.13. The van der Waals surface area contributed by atoms with Crippen molar-refractivity contribution >= 4 is 5.43 Å². The van der Waals surface area contributed by atoms with Crippen LogP contribution in [0.4, 0.5) is 0 Å². The number of hydrogen-bond acceptors (Lipinski definition) is 0. The van der Waals surface area contributed by atoms with E-state index in [2.05, 4.69) is 78.9 Å². The first-order valence-electron chi connectivity index (χ1n) is 7.22. The molecule has 0 spiro atoms. The number of halogens is 2. The van der Waals surface area contributed by atoms with E-state index in [0.29, 0.717) is 11.8 Å². The Morgan fingerprint density at radius 3 is 1.55 bits per heavy atom. The Bertz CT molecular complexity index is 451. The number of rotatable bonds is 0. The molecule has 0 saturated carbocycles. The zero-order chi connectivity index (χ0) is 15.9. The topological polar surface area (TPSA) is 0 Å². The van der Waals surface area contributed by atoms with Gasteiger partial charge in [-0.2, -0.15) is 11.6 Å². The van der Waals surface area contributed by atoms with Crippen molar-refractivity contribution in [1.82, 2.24) is 0 Å². The molecule has 2 unspecified atom stereocenters. The summed E-state index contributed by atoms with van der Waals surface area (Å²) in [7, 11) is 0. The SMILES string of the molecule is CC1=[C-]C(C)C(C)=C1.CC1=[C-]C(C)C=C1C.C[Si](C)=[Zr+2].[Cl-].[Cl-]. The third-order valence-corrected chi connectivity index (χ3v) is 3.11. The Hall–Kier alpha value is 0.640. The van der Waals surface area contributed by atoms with Gasteiger partial charge >= 0.3 is 41.9 Å². The van der Waals surface area contributed by atoms with Gasteiger partial charge in [-0.25, -0.2) is 22.8 Å². The van der Waals surface area contributed by atoms with Crippen molar-refractivity contribution in [1.29, 1.82) is 0 Å². The first kappa shape index (κ1) is 27.5. The molecule has 0 saturated heterocycles. The van der Waals surface area contributed by atoms with Crippen molar-refractivity contribution in [2.24, 2.45) is 11.8 Å². The van der Waals surface area contributed by atoms with E-state index in [1.165, 1.54) is 22.3 Å². The van der Waals surface area contributed by atoms with Crippen LogP contribution in [-0.2, 0) is 23.3 Å². The molecule has 2 aliphatic rings. The van der Waals surface area contributed by atoms with E-state index >= 15 is 0 Å². The molecule has 0 aromatic rings. The summed E-state index contributed by atoms with van der Waals surface area (Å²) in [5.74, 6) is 1.12. The molecule has 4 heteroatoms. The van der Waals surface area contributed by atoms with Crippen LogP contribution in [0.25, 0.3) is 0 Å². The Morgan fingerprint density at radius 2 is 1.45 bits per heavy atom. The van der Waals surface area contributed by atoms with Gasteiger partial charge in [-0.15, -0.1) is 6.92 Å². The van der Waals surface area contributed by atoms with E-state index in [4.69, 9.17) is 0 Å². The van der Waals surface area contributed by atoms with Gasteiger partial charge in [0.25, 0.3) is 0 Å². The molecule has 2 atom stereocenters. The van der Waals surface area contributed by atoms with Crippen LogP contribution in [0.3, 0.4) is 0 Å². The van der Waals surface area contributed by atoms with E-state index in [-0.39, 0.29) is 30.2 Å². The van der Waals surface area contributed by atoms with Gasteiger partial charge in [-0.3, -0.25) is 12.2 Å². The summed E-state index contributed by atoms with van der Waals surface area (Å²) in [6, 6.07) is 0. The van der Waals surface area contributed by atoms with Gasteiger partial charge in [0, 0.05) is 0 Å². The molecule has 124 valence electrons. The van der Waals surface area contributed by atoms with Crippen molar-refractivity contribution in [3.63, 3.8) is 0 Å². The number of allylic oxidation sites excluding steroid dienone is 8. The minimum atomic E-state index is 0. The van der Waals surface area contributed by atoms with Crippen molar-refractivity contribution in [3.05, 3.63) is 46.6 Å². The van der Waals surface area contributed by atoms with Crippen LogP contribution in [0.5, 0.6) is 0 Å². The Balaban J connectivity index is -0.000000249. The molecule has 2 rings (SSSR count). The van der Waals surface area contributed by atoms with Crippen LogP contribution in [0.1, 0.15) is 41.5 Å². The maximum Gasteiger partial charge on any atom is -1.00 e. The van der Waals surface area contributed by atoms with Gasteiger partial charge in [-0.1, -0.05) is 46.5 Å². The largest absolute Gasteiger partial charge is 1.00 e. The summed E-state index contributed by atoms with van der Waals surface area (Å²) in [6.07, 6.45) is 11.0. The second-order valence-corrected chi connectivity index (χ2v) is 15.2. The molecule has 0 nitrogen and oxygen atoms in total. The fraction of sp³-hybridized carbons (Fsp3) is 0.556. The van der Waals surface area contributed by atoms with Crippen LogP contribution in [0.2, 0.25) is 13.1 Å². The molecule has 0 aromatic heterocycles. The Labute approximate surface area is 165 Å². The second-order valence-electron chi connectivity index (χ2n) is 5.85. The predicted molar refractivity (Wildman–Crippen MR) is 88.2 cm³/mol. The summed E-state index contributed by atoms with van der Waals surface area (Å²) in [5.41, 5.74) is 5.63. The maximum absolute atomic E-state index is 3.29. The molecule has 0 amide bonds. The zero-order valence-electron chi connectivity index (χ0n) is 15.1. The minimum absolute atomic E-state index is 0. The first-order valence-corrected chi connectivity index (χ1v) is 13.4. The summed E-state index contributed by atoms with van der Waals surface area (Å²) < 4.78 is 0. The third-order valence-electron chi connectivity index (χ3n) is 3.11. The Morgan fingerprint density at radius 1 is 1.00 bits per heavy atom.